The van der Waals surface area contributed by atoms with E-state index in [0.29, 0.717) is 21.6 Å². The fourth-order valence-electron chi connectivity index (χ4n) is 3.96. The molecule has 0 unspecified atom stereocenters. The van der Waals surface area contributed by atoms with Crippen molar-refractivity contribution in [3.8, 4) is 17.1 Å². The first kappa shape index (κ1) is 27.4. The Balaban J connectivity index is 1.44. The number of nitrogens with one attached hydrogen (secondary N) is 2. The highest BCUT2D eigenvalue weighted by Crippen LogP contribution is 2.30. The largest absolute Gasteiger partial charge is 0.325 e. The smallest absolute Gasteiger partial charge is 0.261 e. The zero-order chi connectivity index (χ0) is 28.1. The van der Waals surface area contributed by atoms with E-state index in [-0.39, 0.29) is 22.2 Å². The van der Waals surface area contributed by atoms with Gasteiger partial charge in [0.15, 0.2) is 11.0 Å². The summed E-state index contributed by atoms with van der Waals surface area (Å²) in [5.74, 6) is 0.357. The number of halogens is 1. The Morgan fingerprint density at radius 1 is 0.900 bits per heavy atom. The first-order valence-corrected chi connectivity index (χ1v) is 15.0. The number of sulfonamides is 1. The van der Waals surface area contributed by atoms with Crippen LogP contribution in [0.3, 0.4) is 0 Å². The normalized spacial score (nSPS) is 11.2. The van der Waals surface area contributed by atoms with Gasteiger partial charge in [-0.3, -0.25) is 14.1 Å². The van der Waals surface area contributed by atoms with Crippen molar-refractivity contribution >= 4 is 50.7 Å². The van der Waals surface area contributed by atoms with E-state index in [1.807, 2.05) is 61.5 Å². The number of aromatic nitrogens is 3. The topological polar surface area (TPSA) is 106 Å². The summed E-state index contributed by atoms with van der Waals surface area (Å²) < 4.78 is 30.7. The average molecular weight is 590 g/mol. The van der Waals surface area contributed by atoms with Gasteiger partial charge < -0.3 is 5.32 Å². The maximum Gasteiger partial charge on any atom is 0.261 e. The molecule has 0 aliphatic rings. The molecule has 0 aliphatic heterocycles. The quantitative estimate of drug-likeness (QED) is 0.192. The molecule has 5 rings (SSSR count). The first-order valence-electron chi connectivity index (χ1n) is 12.2. The maximum atomic E-state index is 13.2. The van der Waals surface area contributed by atoms with Gasteiger partial charge in [0.1, 0.15) is 0 Å². The molecule has 2 N–H and O–H groups in total. The van der Waals surface area contributed by atoms with Crippen LogP contribution >= 0.6 is 23.4 Å². The molecule has 0 radical (unpaired) electrons. The van der Waals surface area contributed by atoms with E-state index in [2.05, 4.69) is 20.2 Å². The molecule has 1 heterocycles. The van der Waals surface area contributed by atoms with E-state index < -0.39 is 10.0 Å². The number of hydrogen-bond donors (Lipinski definition) is 2. The Morgan fingerprint density at radius 3 is 2.42 bits per heavy atom. The highest BCUT2D eigenvalue weighted by Gasteiger charge is 2.21. The van der Waals surface area contributed by atoms with Gasteiger partial charge in [0.25, 0.3) is 10.0 Å². The number of amides is 1. The van der Waals surface area contributed by atoms with Crippen LogP contribution in [0, 0.1) is 6.92 Å². The van der Waals surface area contributed by atoms with Crippen molar-refractivity contribution in [1.82, 2.24) is 14.8 Å². The molecule has 5 aromatic rings. The molecule has 1 amide bonds. The van der Waals surface area contributed by atoms with Gasteiger partial charge >= 0.3 is 0 Å². The number of carbonyl (C=O) groups excluding carboxylic acids is 1. The minimum atomic E-state index is -3.94. The predicted octanol–water partition coefficient (Wildman–Crippen LogP) is 6.43. The standard InChI is InChI=1S/C29H24ClN5O3S2/c1-20-9-7-11-22(17-20)31-27(36)19-39-29-33-32-28(35(29)23-12-3-2-4-13-23)21-10-8-14-24(18-21)40(37,38)34-26-16-6-5-15-25(26)30/h2-18,34H,19H2,1H3,(H,31,36). The zero-order valence-corrected chi connectivity index (χ0v) is 23.7. The first-order chi connectivity index (χ1) is 19.3. The van der Waals surface area contributed by atoms with E-state index >= 15 is 0 Å². The lowest BCUT2D eigenvalue weighted by molar-refractivity contribution is -0.113. The summed E-state index contributed by atoms with van der Waals surface area (Å²) in [5.41, 5.74) is 3.36. The van der Waals surface area contributed by atoms with Crippen LogP contribution in [-0.4, -0.2) is 34.8 Å². The zero-order valence-electron chi connectivity index (χ0n) is 21.3. The van der Waals surface area contributed by atoms with E-state index in [0.717, 1.165) is 16.9 Å². The van der Waals surface area contributed by atoms with Crippen LogP contribution in [0.4, 0.5) is 11.4 Å². The second-order valence-corrected chi connectivity index (χ2v) is 11.8. The highest BCUT2D eigenvalue weighted by atomic mass is 35.5. The van der Waals surface area contributed by atoms with Crippen molar-refractivity contribution in [2.24, 2.45) is 0 Å². The van der Waals surface area contributed by atoms with Crippen LogP contribution in [0.15, 0.2) is 113 Å². The van der Waals surface area contributed by atoms with Crippen molar-refractivity contribution < 1.29 is 13.2 Å². The number of benzene rings is 4. The number of thioether (sulfide) groups is 1. The van der Waals surface area contributed by atoms with E-state index in [1.165, 1.54) is 23.9 Å². The lowest BCUT2D eigenvalue weighted by Gasteiger charge is -2.12. The Kier molecular flexibility index (Phi) is 8.20. The average Bonchev–Trinajstić information content (AvgIpc) is 3.38. The number of rotatable bonds is 9. The molecule has 1 aromatic heterocycles. The summed E-state index contributed by atoms with van der Waals surface area (Å²) in [6.07, 6.45) is 0. The predicted molar refractivity (Wildman–Crippen MR) is 160 cm³/mol. The second-order valence-electron chi connectivity index (χ2n) is 8.80. The summed E-state index contributed by atoms with van der Waals surface area (Å²) in [5, 5.41) is 12.4. The monoisotopic (exact) mass is 589 g/mol. The summed E-state index contributed by atoms with van der Waals surface area (Å²) in [4.78, 5) is 12.7. The molecule has 0 aliphatic carbocycles. The van der Waals surface area contributed by atoms with Crippen LogP contribution in [0.25, 0.3) is 17.1 Å². The molecular weight excluding hydrogens is 566 g/mol. The molecule has 0 fully saturated rings. The minimum Gasteiger partial charge on any atom is -0.325 e. The molecule has 8 nitrogen and oxygen atoms in total. The van der Waals surface area contributed by atoms with Crippen LogP contribution < -0.4 is 10.0 Å². The fourth-order valence-corrected chi connectivity index (χ4v) is 6.08. The Morgan fingerprint density at radius 2 is 1.65 bits per heavy atom. The second kappa shape index (κ2) is 12.0. The van der Waals surface area contributed by atoms with Gasteiger partial charge in [-0.15, -0.1) is 10.2 Å². The van der Waals surface area contributed by atoms with Crippen molar-refractivity contribution in [3.05, 3.63) is 114 Å². The molecule has 0 saturated heterocycles. The molecule has 0 saturated carbocycles. The molecular formula is C29H24ClN5O3S2. The van der Waals surface area contributed by atoms with Crippen molar-refractivity contribution in [2.75, 3.05) is 15.8 Å². The summed E-state index contributed by atoms with van der Waals surface area (Å²) >= 11 is 7.40. The molecule has 202 valence electrons. The number of carbonyl (C=O) groups is 1. The maximum absolute atomic E-state index is 13.2. The Hall–Kier alpha value is -4.12. The highest BCUT2D eigenvalue weighted by molar-refractivity contribution is 7.99. The number of anilines is 2. The number of para-hydroxylation sites is 2. The Labute approximate surface area is 241 Å². The fraction of sp³-hybridized carbons (Fsp3) is 0.0690. The molecule has 0 atom stereocenters. The van der Waals surface area contributed by atoms with Gasteiger partial charge in [0.2, 0.25) is 5.91 Å². The third-order valence-corrected chi connectivity index (χ3v) is 8.42. The van der Waals surface area contributed by atoms with Crippen LogP contribution in [0.1, 0.15) is 5.56 Å². The lowest BCUT2D eigenvalue weighted by Crippen LogP contribution is -2.14. The summed E-state index contributed by atoms with van der Waals surface area (Å²) in [6, 6.07) is 30.1. The third-order valence-electron chi connectivity index (χ3n) is 5.80. The SMILES string of the molecule is Cc1cccc(NC(=O)CSc2nnc(-c3cccc(S(=O)(=O)Nc4ccccc4Cl)c3)n2-c2ccccc2)c1. The molecule has 11 heteroatoms. The Bertz CT molecular complexity index is 1780. The van der Waals surface area contributed by atoms with Gasteiger partial charge in [0.05, 0.1) is 21.4 Å². The minimum absolute atomic E-state index is 0.0410. The van der Waals surface area contributed by atoms with E-state index in [1.54, 1.807) is 41.0 Å². The van der Waals surface area contributed by atoms with E-state index in [4.69, 9.17) is 11.6 Å². The van der Waals surface area contributed by atoms with Crippen molar-refractivity contribution in [2.45, 2.75) is 17.0 Å². The lowest BCUT2D eigenvalue weighted by atomic mass is 10.2. The summed E-state index contributed by atoms with van der Waals surface area (Å²) in [6.45, 7) is 1.96. The molecule has 0 spiro atoms. The van der Waals surface area contributed by atoms with E-state index in [9.17, 15) is 13.2 Å². The van der Waals surface area contributed by atoms with Gasteiger partial charge in [-0.25, -0.2) is 8.42 Å². The van der Waals surface area contributed by atoms with Crippen LogP contribution in [0.5, 0.6) is 0 Å². The van der Waals surface area contributed by atoms with Gasteiger partial charge in [-0.2, -0.15) is 0 Å². The molecule has 4 aromatic carbocycles. The van der Waals surface area contributed by atoms with Gasteiger partial charge in [0, 0.05) is 16.9 Å². The van der Waals surface area contributed by atoms with Gasteiger partial charge in [-0.05, 0) is 61.0 Å². The molecule has 0 bridgehead atoms. The van der Waals surface area contributed by atoms with Crippen LogP contribution in [0.2, 0.25) is 5.02 Å². The van der Waals surface area contributed by atoms with Crippen molar-refractivity contribution in [3.63, 3.8) is 0 Å². The molecule has 40 heavy (non-hydrogen) atoms. The number of aryl methyl sites for hydroxylation is 1. The van der Waals surface area contributed by atoms with Crippen LogP contribution in [-0.2, 0) is 14.8 Å². The third kappa shape index (κ3) is 6.36. The number of hydrogen-bond acceptors (Lipinski definition) is 6. The van der Waals surface area contributed by atoms with Gasteiger partial charge in [-0.1, -0.05) is 78.0 Å². The van der Waals surface area contributed by atoms with Crippen molar-refractivity contribution in [1.29, 1.82) is 0 Å². The summed E-state index contributed by atoms with van der Waals surface area (Å²) in [7, 11) is -3.94. The number of nitrogens with zero attached hydrogens (tertiary/aromatic N) is 3.